The van der Waals surface area contributed by atoms with E-state index in [1.54, 1.807) is 6.07 Å². The first-order chi connectivity index (χ1) is 6.91. The highest BCUT2D eigenvalue weighted by atomic mass is 35.7. The second kappa shape index (κ2) is 3.11. The molecule has 5 nitrogen and oxygen atoms in total. The molecule has 1 N–H and O–H groups in total. The summed E-state index contributed by atoms with van der Waals surface area (Å²) in [5.41, 5.74) is 0.361. The second-order valence-electron chi connectivity index (χ2n) is 3.08. The lowest BCUT2D eigenvalue weighted by Crippen LogP contribution is -2.12. The van der Waals surface area contributed by atoms with Crippen LogP contribution in [0, 0.1) is 0 Å². The van der Waals surface area contributed by atoms with Crippen molar-refractivity contribution in [3.8, 4) is 0 Å². The van der Waals surface area contributed by atoms with E-state index in [1.165, 1.54) is 23.7 Å². The van der Waals surface area contributed by atoms with E-state index in [4.69, 9.17) is 10.7 Å². The molecule has 0 aliphatic carbocycles. The number of hydrogen-bond donors (Lipinski definition) is 1. The third-order valence-corrected chi connectivity index (χ3v) is 3.50. The molecule has 1 aromatic heterocycles. The summed E-state index contributed by atoms with van der Waals surface area (Å²) in [6.07, 6.45) is 0. The maximum Gasteiger partial charge on any atom is 0.326 e. The van der Waals surface area contributed by atoms with Gasteiger partial charge in [0.1, 0.15) is 4.90 Å². The molecule has 0 radical (unpaired) electrons. The van der Waals surface area contributed by atoms with Crippen LogP contribution in [-0.2, 0) is 16.1 Å². The molecule has 7 heteroatoms. The summed E-state index contributed by atoms with van der Waals surface area (Å²) in [6.45, 7) is 0. The Morgan fingerprint density at radius 1 is 1.40 bits per heavy atom. The third kappa shape index (κ3) is 1.55. The summed E-state index contributed by atoms with van der Waals surface area (Å²) in [7, 11) is 2.89. The minimum atomic E-state index is -3.85. The molecular formula is C8H7ClN2O3S. The first kappa shape index (κ1) is 10.3. The average Bonchev–Trinajstić information content (AvgIpc) is 2.41. The summed E-state index contributed by atoms with van der Waals surface area (Å²) in [6, 6.07) is 4.49. The van der Waals surface area contributed by atoms with Crippen molar-refractivity contribution in [3.63, 3.8) is 0 Å². The van der Waals surface area contributed by atoms with Gasteiger partial charge in [-0.2, -0.15) is 0 Å². The van der Waals surface area contributed by atoms with Gasteiger partial charge in [0.15, 0.2) is 0 Å². The van der Waals surface area contributed by atoms with Crippen molar-refractivity contribution in [1.82, 2.24) is 9.55 Å². The summed E-state index contributed by atoms with van der Waals surface area (Å²) < 4.78 is 23.7. The first-order valence-electron chi connectivity index (χ1n) is 4.03. The van der Waals surface area contributed by atoms with Crippen LogP contribution < -0.4 is 5.69 Å². The lowest BCUT2D eigenvalue weighted by Gasteiger charge is -1.99. The number of halogens is 1. The molecule has 2 aromatic rings. The van der Waals surface area contributed by atoms with Gasteiger partial charge in [-0.15, -0.1) is 0 Å². The predicted octanol–water partition coefficient (Wildman–Crippen LogP) is 0.794. The number of aryl methyl sites for hydroxylation is 1. The molecule has 0 fully saturated rings. The van der Waals surface area contributed by atoms with Gasteiger partial charge >= 0.3 is 5.69 Å². The number of nitrogens with zero attached hydrogens (tertiary/aromatic N) is 1. The Kier molecular flexibility index (Phi) is 2.13. The largest absolute Gasteiger partial charge is 0.326 e. The number of H-pyrrole nitrogens is 1. The van der Waals surface area contributed by atoms with Crippen molar-refractivity contribution in [3.05, 3.63) is 28.7 Å². The van der Waals surface area contributed by atoms with Gasteiger partial charge in [0.25, 0.3) is 9.05 Å². The second-order valence-corrected chi connectivity index (χ2v) is 5.61. The minimum Gasteiger partial charge on any atom is -0.306 e. The number of fused-ring (bicyclic) bond motifs is 1. The summed E-state index contributed by atoms with van der Waals surface area (Å²) in [5, 5.41) is 0. The highest BCUT2D eigenvalue weighted by Crippen LogP contribution is 2.23. The molecule has 0 saturated carbocycles. The van der Waals surface area contributed by atoms with Crippen LogP contribution in [0.4, 0.5) is 0 Å². The Morgan fingerprint density at radius 3 is 2.67 bits per heavy atom. The molecule has 0 saturated heterocycles. The highest BCUT2D eigenvalue weighted by Gasteiger charge is 2.17. The monoisotopic (exact) mass is 246 g/mol. The number of aromatic nitrogens is 2. The average molecular weight is 247 g/mol. The van der Waals surface area contributed by atoms with Crippen LogP contribution in [0.1, 0.15) is 0 Å². The Bertz CT molecular complexity index is 683. The molecule has 80 valence electrons. The van der Waals surface area contributed by atoms with E-state index >= 15 is 0 Å². The van der Waals surface area contributed by atoms with E-state index in [9.17, 15) is 13.2 Å². The Balaban J connectivity index is 3.06. The van der Waals surface area contributed by atoms with Crippen LogP contribution in [0.25, 0.3) is 11.0 Å². The SMILES string of the molecule is Cn1c(=O)[nH]c2cccc(S(=O)(=O)Cl)c21. The maximum atomic E-state index is 11.3. The van der Waals surface area contributed by atoms with Gasteiger partial charge in [0.05, 0.1) is 11.0 Å². The Labute approximate surface area is 89.7 Å². The number of aromatic amines is 1. The van der Waals surface area contributed by atoms with Crippen LogP contribution in [-0.4, -0.2) is 18.0 Å². The standard InChI is InChI=1S/C8H7ClN2O3S/c1-11-7-5(10-8(11)12)3-2-4-6(7)15(9,13)14/h2-4H,1H3,(H,10,12). The molecule has 1 heterocycles. The Morgan fingerprint density at radius 2 is 2.07 bits per heavy atom. The molecule has 0 atom stereocenters. The molecule has 0 unspecified atom stereocenters. The molecule has 0 aliphatic rings. The van der Waals surface area contributed by atoms with Crippen molar-refractivity contribution < 1.29 is 8.42 Å². The van der Waals surface area contributed by atoms with E-state index in [2.05, 4.69) is 4.98 Å². The van der Waals surface area contributed by atoms with E-state index < -0.39 is 9.05 Å². The zero-order valence-electron chi connectivity index (χ0n) is 7.69. The third-order valence-electron chi connectivity index (χ3n) is 2.14. The van der Waals surface area contributed by atoms with Crippen LogP contribution in [0.3, 0.4) is 0 Å². The number of rotatable bonds is 1. The van der Waals surface area contributed by atoms with Crippen molar-refractivity contribution in [1.29, 1.82) is 0 Å². The molecule has 1 aromatic carbocycles. The quantitative estimate of drug-likeness (QED) is 0.757. The fourth-order valence-electron chi connectivity index (χ4n) is 1.47. The van der Waals surface area contributed by atoms with E-state index in [1.807, 2.05) is 0 Å². The van der Waals surface area contributed by atoms with Crippen molar-refractivity contribution in [2.45, 2.75) is 4.90 Å². The number of hydrogen-bond acceptors (Lipinski definition) is 3. The van der Waals surface area contributed by atoms with E-state index in [0.29, 0.717) is 5.52 Å². The lowest BCUT2D eigenvalue weighted by molar-refractivity contribution is 0.610. The summed E-state index contributed by atoms with van der Waals surface area (Å²) in [5.74, 6) is 0. The van der Waals surface area contributed by atoms with Gasteiger partial charge in [-0.1, -0.05) is 6.07 Å². The maximum absolute atomic E-state index is 11.3. The Hall–Kier alpha value is -1.27. The van der Waals surface area contributed by atoms with Crippen LogP contribution in [0.15, 0.2) is 27.9 Å². The highest BCUT2D eigenvalue weighted by molar-refractivity contribution is 8.14. The fraction of sp³-hybridized carbons (Fsp3) is 0.125. The first-order valence-corrected chi connectivity index (χ1v) is 6.34. The number of imidazole rings is 1. The molecule has 15 heavy (non-hydrogen) atoms. The van der Waals surface area contributed by atoms with Gasteiger partial charge < -0.3 is 4.98 Å². The summed E-state index contributed by atoms with van der Waals surface area (Å²) in [4.78, 5) is 13.7. The lowest BCUT2D eigenvalue weighted by atomic mass is 10.3. The van der Waals surface area contributed by atoms with Gasteiger partial charge in [0.2, 0.25) is 0 Å². The molecule has 0 amide bonds. The number of benzene rings is 1. The molecule has 2 rings (SSSR count). The zero-order chi connectivity index (χ0) is 11.2. The van der Waals surface area contributed by atoms with Crippen molar-refractivity contribution in [2.75, 3.05) is 0 Å². The number of para-hydroxylation sites is 1. The summed E-state index contributed by atoms with van der Waals surface area (Å²) >= 11 is 0. The zero-order valence-corrected chi connectivity index (χ0v) is 9.26. The smallest absolute Gasteiger partial charge is 0.306 e. The van der Waals surface area contributed by atoms with Crippen LogP contribution in [0.2, 0.25) is 0 Å². The van der Waals surface area contributed by atoms with E-state index in [0.717, 1.165) is 0 Å². The molecule has 0 spiro atoms. The van der Waals surface area contributed by atoms with Crippen molar-refractivity contribution in [2.24, 2.45) is 7.05 Å². The topological polar surface area (TPSA) is 71.9 Å². The van der Waals surface area contributed by atoms with Gasteiger partial charge in [-0.25, -0.2) is 13.2 Å². The van der Waals surface area contributed by atoms with Gasteiger partial charge in [-0.3, -0.25) is 4.57 Å². The molecule has 0 aliphatic heterocycles. The van der Waals surface area contributed by atoms with Crippen molar-refractivity contribution >= 4 is 30.8 Å². The van der Waals surface area contributed by atoms with Crippen LogP contribution >= 0.6 is 10.7 Å². The number of nitrogens with one attached hydrogen (secondary N) is 1. The minimum absolute atomic E-state index is 0.0671. The van der Waals surface area contributed by atoms with E-state index in [-0.39, 0.29) is 16.1 Å². The van der Waals surface area contributed by atoms with Crippen LogP contribution in [0.5, 0.6) is 0 Å². The normalized spacial score (nSPS) is 12.1. The van der Waals surface area contributed by atoms with Gasteiger partial charge in [0, 0.05) is 17.7 Å². The fourth-order valence-corrected chi connectivity index (χ4v) is 2.56. The van der Waals surface area contributed by atoms with Gasteiger partial charge in [-0.05, 0) is 12.1 Å². The predicted molar refractivity (Wildman–Crippen MR) is 56.6 cm³/mol. The molecular weight excluding hydrogens is 240 g/mol. The molecule has 0 bridgehead atoms.